The number of hydrogen-bond acceptors (Lipinski definition) is 3. The summed E-state index contributed by atoms with van der Waals surface area (Å²) in [7, 11) is 0. The van der Waals surface area contributed by atoms with Crippen LogP contribution in [0.5, 0.6) is 0 Å². The standard InChI is InChI=1S/C15H19N3O2/c1-10(2)17-14(19)7-8-16-13-9-11-5-3-4-6-12(11)15(20)18-13/h3-6,9-10H,7-8H2,1-2H3,(H,17,19)(H2,16,18,20). The Hall–Kier alpha value is -2.30. The zero-order valence-corrected chi connectivity index (χ0v) is 11.7. The maximum Gasteiger partial charge on any atom is 0.257 e. The quantitative estimate of drug-likeness (QED) is 0.778. The van der Waals surface area contributed by atoms with E-state index in [9.17, 15) is 9.59 Å². The van der Waals surface area contributed by atoms with Crippen molar-refractivity contribution in [1.82, 2.24) is 10.3 Å². The third-order valence-electron chi connectivity index (χ3n) is 2.87. The first kappa shape index (κ1) is 14.1. The number of amides is 1. The molecule has 2 aromatic rings. The smallest absolute Gasteiger partial charge is 0.257 e. The van der Waals surface area contributed by atoms with E-state index in [1.165, 1.54) is 0 Å². The Labute approximate surface area is 117 Å². The van der Waals surface area contributed by atoms with E-state index in [-0.39, 0.29) is 17.5 Å². The molecule has 1 aromatic heterocycles. The van der Waals surface area contributed by atoms with Crippen LogP contribution in [0.2, 0.25) is 0 Å². The fourth-order valence-corrected chi connectivity index (χ4v) is 2.01. The summed E-state index contributed by atoms with van der Waals surface area (Å²) in [5, 5.41) is 7.43. The molecule has 1 aromatic carbocycles. The van der Waals surface area contributed by atoms with Crippen molar-refractivity contribution < 1.29 is 4.79 Å². The molecule has 0 atom stereocenters. The largest absolute Gasteiger partial charge is 0.371 e. The second kappa shape index (κ2) is 6.23. The molecule has 0 aliphatic heterocycles. The molecule has 0 spiro atoms. The molecule has 1 amide bonds. The molecule has 0 bridgehead atoms. The van der Waals surface area contributed by atoms with Crippen LogP contribution < -0.4 is 16.2 Å². The molecule has 5 nitrogen and oxygen atoms in total. The van der Waals surface area contributed by atoms with Crippen LogP contribution in [0.25, 0.3) is 10.8 Å². The lowest BCUT2D eigenvalue weighted by molar-refractivity contribution is -0.121. The predicted molar refractivity (Wildman–Crippen MR) is 81.0 cm³/mol. The van der Waals surface area contributed by atoms with Gasteiger partial charge in [0.15, 0.2) is 0 Å². The normalized spacial score (nSPS) is 10.8. The van der Waals surface area contributed by atoms with Gasteiger partial charge in [0.2, 0.25) is 5.91 Å². The van der Waals surface area contributed by atoms with Crippen molar-refractivity contribution in [3.63, 3.8) is 0 Å². The van der Waals surface area contributed by atoms with E-state index in [0.717, 1.165) is 5.39 Å². The highest BCUT2D eigenvalue weighted by Crippen LogP contribution is 2.12. The second-order valence-electron chi connectivity index (χ2n) is 5.00. The summed E-state index contributed by atoms with van der Waals surface area (Å²) in [6.45, 7) is 4.32. The van der Waals surface area contributed by atoms with Gasteiger partial charge in [0, 0.05) is 24.4 Å². The number of carbonyl (C=O) groups is 1. The lowest BCUT2D eigenvalue weighted by Crippen LogP contribution is -2.31. The zero-order chi connectivity index (χ0) is 14.5. The van der Waals surface area contributed by atoms with Crippen LogP contribution in [0.4, 0.5) is 5.82 Å². The summed E-state index contributed by atoms with van der Waals surface area (Å²) in [6.07, 6.45) is 0.368. The third kappa shape index (κ3) is 3.60. The van der Waals surface area contributed by atoms with E-state index >= 15 is 0 Å². The average Bonchev–Trinajstić information content (AvgIpc) is 2.38. The molecule has 0 aliphatic rings. The van der Waals surface area contributed by atoms with Crippen LogP contribution in [0, 0.1) is 0 Å². The van der Waals surface area contributed by atoms with E-state index in [1.54, 1.807) is 6.07 Å². The molecule has 5 heteroatoms. The summed E-state index contributed by atoms with van der Waals surface area (Å²) >= 11 is 0. The number of hydrogen-bond donors (Lipinski definition) is 3. The first-order valence-corrected chi connectivity index (χ1v) is 6.71. The van der Waals surface area contributed by atoms with Gasteiger partial charge in [0.05, 0.1) is 0 Å². The highest BCUT2D eigenvalue weighted by atomic mass is 16.1. The number of carbonyl (C=O) groups excluding carboxylic acids is 1. The van der Waals surface area contributed by atoms with Crippen molar-refractivity contribution in [1.29, 1.82) is 0 Å². The number of aromatic nitrogens is 1. The van der Waals surface area contributed by atoms with Gasteiger partial charge in [-0.25, -0.2) is 0 Å². The number of nitrogens with one attached hydrogen (secondary N) is 3. The maximum atomic E-state index is 11.9. The molecule has 0 fully saturated rings. The topological polar surface area (TPSA) is 74.0 Å². The van der Waals surface area contributed by atoms with Gasteiger partial charge in [-0.3, -0.25) is 9.59 Å². The Morgan fingerprint density at radius 1 is 1.30 bits per heavy atom. The van der Waals surface area contributed by atoms with Crippen molar-refractivity contribution in [2.24, 2.45) is 0 Å². The molecule has 0 saturated carbocycles. The minimum Gasteiger partial charge on any atom is -0.371 e. The molecule has 0 saturated heterocycles. The van der Waals surface area contributed by atoms with Gasteiger partial charge >= 0.3 is 0 Å². The van der Waals surface area contributed by atoms with Crippen molar-refractivity contribution in [2.75, 3.05) is 11.9 Å². The van der Waals surface area contributed by atoms with E-state index in [4.69, 9.17) is 0 Å². The Morgan fingerprint density at radius 2 is 2.05 bits per heavy atom. The minimum atomic E-state index is -0.128. The molecule has 0 unspecified atom stereocenters. The number of benzene rings is 1. The maximum absolute atomic E-state index is 11.9. The minimum absolute atomic E-state index is 0.00404. The van der Waals surface area contributed by atoms with Crippen LogP contribution in [-0.2, 0) is 4.79 Å². The number of fused-ring (bicyclic) bond motifs is 1. The first-order valence-electron chi connectivity index (χ1n) is 6.71. The number of pyridine rings is 1. The van der Waals surface area contributed by atoms with Crippen LogP contribution >= 0.6 is 0 Å². The van der Waals surface area contributed by atoms with Crippen LogP contribution in [-0.4, -0.2) is 23.5 Å². The SMILES string of the molecule is CC(C)NC(=O)CCNc1cc2ccccc2c(=O)[nH]1. The number of rotatable bonds is 5. The van der Waals surface area contributed by atoms with Crippen molar-refractivity contribution in [2.45, 2.75) is 26.3 Å². The molecule has 1 heterocycles. The van der Waals surface area contributed by atoms with Crippen LogP contribution in [0.1, 0.15) is 20.3 Å². The molecular weight excluding hydrogens is 254 g/mol. The Kier molecular flexibility index (Phi) is 4.40. The lowest BCUT2D eigenvalue weighted by Gasteiger charge is -2.10. The van der Waals surface area contributed by atoms with Gasteiger partial charge in [-0.15, -0.1) is 0 Å². The molecular formula is C15H19N3O2. The predicted octanol–water partition coefficient (Wildman–Crippen LogP) is 1.85. The molecule has 0 radical (unpaired) electrons. The summed E-state index contributed by atoms with van der Waals surface area (Å²) in [4.78, 5) is 26.1. The van der Waals surface area contributed by atoms with Crippen molar-refractivity contribution in [3.8, 4) is 0 Å². The van der Waals surface area contributed by atoms with Crippen LogP contribution in [0.3, 0.4) is 0 Å². The van der Waals surface area contributed by atoms with Gasteiger partial charge in [0.1, 0.15) is 5.82 Å². The number of anilines is 1. The molecule has 0 aliphatic carbocycles. The third-order valence-corrected chi connectivity index (χ3v) is 2.87. The molecule has 20 heavy (non-hydrogen) atoms. The van der Waals surface area contributed by atoms with Gasteiger partial charge in [-0.2, -0.15) is 0 Å². The highest BCUT2D eigenvalue weighted by molar-refractivity contribution is 5.83. The average molecular weight is 273 g/mol. The summed E-state index contributed by atoms with van der Waals surface area (Å²) in [5.74, 6) is 0.627. The van der Waals surface area contributed by atoms with E-state index in [1.807, 2.05) is 38.1 Å². The van der Waals surface area contributed by atoms with E-state index in [2.05, 4.69) is 15.6 Å². The molecule has 106 valence electrons. The van der Waals surface area contributed by atoms with E-state index < -0.39 is 0 Å². The summed E-state index contributed by atoms with van der Waals surface area (Å²) < 4.78 is 0. The van der Waals surface area contributed by atoms with Gasteiger partial charge in [0.25, 0.3) is 5.56 Å². The number of aromatic amines is 1. The Balaban J connectivity index is 2.00. The zero-order valence-electron chi connectivity index (χ0n) is 11.7. The van der Waals surface area contributed by atoms with Crippen LogP contribution in [0.15, 0.2) is 35.1 Å². The molecule has 2 rings (SSSR count). The summed E-state index contributed by atoms with van der Waals surface area (Å²) in [5.41, 5.74) is -0.128. The van der Waals surface area contributed by atoms with E-state index in [0.29, 0.717) is 24.2 Å². The van der Waals surface area contributed by atoms with Gasteiger partial charge in [-0.05, 0) is 31.4 Å². The number of H-pyrrole nitrogens is 1. The molecule has 3 N–H and O–H groups in total. The Morgan fingerprint density at radius 3 is 2.80 bits per heavy atom. The van der Waals surface area contributed by atoms with Crippen molar-refractivity contribution in [3.05, 3.63) is 40.7 Å². The highest BCUT2D eigenvalue weighted by Gasteiger charge is 2.04. The first-order chi connectivity index (χ1) is 9.56. The second-order valence-corrected chi connectivity index (χ2v) is 5.00. The fourth-order valence-electron chi connectivity index (χ4n) is 2.01. The lowest BCUT2D eigenvalue weighted by atomic mass is 10.2. The van der Waals surface area contributed by atoms with Gasteiger partial charge in [-0.1, -0.05) is 18.2 Å². The monoisotopic (exact) mass is 273 g/mol. The Bertz CT molecular complexity index is 661. The summed E-state index contributed by atoms with van der Waals surface area (Å²) in [6, 6.07) is 9.41. The van der Waals surface area contributed by atoms with Crippen molar-refractivity contribution >= 4 is 22.5 Å². The fraction of sp³-hybridized carbons (Fsp3) is 0.333. The van der Waals surface area contributed by atoms with Gasteiger partial charge < -0.3 is 15.6 Å².